The predicted octanol–water partition coefficient (Wildman–Crippen LogP) is 3.73. The van der Waals surface area contributed by atoms with Crippen LogP contribution in [0.25, 0.3) is 11.6 Å². The Kier molecular flexibility index (Phi) is 4.24. The quantitative estimate of drug-likeness (QED) is 0.792. The van der Waals surface area contributed by atoms with Crippen molar-refractivity contribution in [3.63, 3.8) is 0 Å². The topological polar surface area (TPSA) is 35.5 Å². The molecule has 0 atom stereocenters. The van der Waals surface area contributed by atoms with Crippen molar-refractivity contribution in [1.29, 1.82) is 0 Å². The van der Waals surface area contributed by atoms with E-state index in [0.29, 0.717) is 18.8 Å². The van der Waals surface area contributed by atoms with Crippen LogP contribution in [0.2, 0.25) is 0 Å². The van der Waals surface area contributed by atoms with Crippen LogP contribution in [-0.2, 0) is 16.0 Å². The summed E-state index contributed by atoms with van der Waals surface area (Å²) in [5, 5.41) is 0. The van der Waals surface area contributed by atoms with Gasteiger partial charge in [0.25, 0.3) is 0 Å². The van der Waals surface area contributed by atoms with Crippen LogP contribution in [0.4, 0.5) is 0 Å². The fraction of sp³-hybridized carbons (Fsp3) is 0.211. The Bertz CT molecular complexity index is 716. The molecule has 3 heteroatoms. The maximum atomic E-state index is 12.4. The third kappa shape index (κ3) is 2.89. The van der Waals surface area contributed by atoms with E-state index >= 15 is 0 Å². The second kappa shape index (κ2) is 6.48. The van der Waals surface area contributed by atoms with Gasteiger partial charge in [-0.1, -0.05) is 42.5 Å². The molecule has 3 nitrogen and oxygen atoms in total. The first-order chi connectivity index (χ1) is 10.8. The molecule has 22 heavy (non-hydrogen) atoms. The third-order valence-corrected chi connectivity index (χ3v) is 3.65. The van der Waals surface area contributed by atoms with Crippen molar-refractivity contribution in [2.75, 3.05) is 13.2 Å². The van der Waals surface area contributed by atoms with Crippen molar-refractivity contribution in [3.05, 3.63) is 65.2 Å². The third-order valence-electron chi connectivity index (χ3n) is 3.65. The van der Waals surface area contributed by atoms with E-state index in [2.05, 4.69) is 0 Å². The summed E-state index contributed by atoms with van der Waals surface area (Å²) in [5.74, 6) is 0.490. The van der Waals surface area contributed by atoms with Gasteiger partial charge >= 0.3 is 5.97 Å². The molecule has 1 aliphatic rings. The van der Waals surface area contributed by atoms with Crippen molar-refractivity contribution in [2.45, 2.75) is 13.3 Å². The zero-order valence-electron chi connectivity index (χ0n) is 12.5. The number of carbonyl (C=O) groups excluding carboxylic acids is 1. The molecule has 0 N–H and O–H groups in total. The molecular weight excluding hydrogens is 276 g/mol. The van der Waals surface area contributed by atoms with Gasteiger partial charge in [0, 0.05) is 12.0 Å². The van der Waals surface area contributed by atoms with Crippen LogP contribution < -0.4 is 4.74 Å². The smallest absolute Gasteiger partial charge is 0.338 e. The van der Waals surface area contributed by atoms with Crippen molar-refractivity contribution < 1.29 is 14.3 Å². The number of fused-ring (bicyclic) bond motifs is 2. The molecule has 2 aromatic rings. The van der Waals surface area contributed by atoms with Gasteiger partial charge in [0.05, 0.1) is 18.8 Å². The van der Waals surface area contributed by atoms with Gasteiger partial charge < -0.3 is 9.47 Å². The molecule has 0 unspecified atom stereocenters. The number of rotatable bonds is 2. The van der Waals surface area contributed by atoms with Crippen LogP contribution in [0, 0.1) is 0 Å². The van der Waals surface area contributed by atoms with Crippen molar-refractivity contribution in [3.8, 4) is 5.75 Å². The largest absolute Gasteiger partial charge is 0.493 e. The molecule has 0 spiro atoms. The number of esters is 1. The summed E-state index contributed by atoms with van der Waals surface area (Å²) in [6, 6.07) is 15.6. The minimum Gasteiger partial charge on any atom is -0.493 e. The number of hydrogen-bond acceptors (Lipinski definition) is 3. The molecular formula is C19H18O3. The number of ether oxygens (including phenoxy) is 2. The molecule has 0 radical (unpaired) electrons. The number of hydrogen-bond donors (Lipinski definition) is 0. The molecule has 0 saturated carbocycles. The Balaban J connectivity index is 2.17. The monoisotopic (exact) mass is 294 g/mol. The molecule has 3 rings (SSSR count). The fourth-order valence-corrected chi connectivity index (χ4v) is 2.61. The Morgan fingerprint density at radius 1 is 1.14 bits per heavy atom. The predicted molar refractivity (Wildman–Crippen MR) is 86.6 cm³/mol. The highest BCUT2D eigenvalue weighted by atomic mass is 16.5. The standard InChI is InChI=1S/C19H18O3/c1-2-21-19(20)17-13-15-8-4-6-10-18(15)22-12-11-14-7-3-5-9-16(14)17/h3-10,13H,2,11-12H2,1H3/b17-13+. The van der Waals surface area contributed by atoms with Gasteiger partial charge in [-0.05, 0) is 30.2 Å². The first-order valence-electron chi connectivity index (χ1n) is 7.48. The van der Waals surface area contributed by atoms with E-state index < -0.39 is 0 Å². The molecule has 0 aliphatic carbocycles. The summed E-state index contributed by atoms with van der Waals surface area (Å²) in [6.45, 7) is 2.75. The van der Waals surface area contributed by atoms with Gasteiger partial charge in [-0.25, -0.2) is 4.79 Å². The second-order valence-corrected chi connectivity index (χ2v) is 5.07. The van der Waals surface area contributed by atoms with Gasteiger partial charge in [0.2, 0.25) is 0 Å². The number of carbonyl (C=O) groups is 1. The van der Waals surface area contributed by atoms with Crippen LogP contribution in [0.1, 0.15) is 23.6 Å². The Labute approximate surface area is 130 Å². The van der Waals surface area contributed by atoms with Gasteiger partial charge in [0.1, 0.15) is 5.75 Å². The van der Waals surface area contributed by atoms with E-state index in [0.717, 1.165) is 28.9 Å². The van der Waals surface area contributed by atoms with E-state index in [1.165, 1.54) is 0 Å². The maximum Gasteiger partial charge on any atom is 0.338 e. The SMILES string of the molecule is CCOC(=O)/C1=C/c2ccccc2OCCc2ccccc21. The van der Waals surface area contributed by atoms with Gasteiger partial charge in [-0.2, -0.15) is 0 Å². The molecule has 112 valence electrons. The Morgan fingerprint density at radius 2 is 1.91 bits per heavy atom. The summed E-state index contributed by atoms with van der Waals surface area (Å²) in [5.41, 5.74) is 3.48. The molecule has 0 amide bonds. The maximum absolute atomic E-state index is 12.4. The zero-order chi connectivity index (χ0) is 15.4. The summed E-state index contributed by atoms with van der Waals surface area (Å²) in [7, 11) is 0. The molecule has 0 fully saturated rings. The summed E-state index contributed by atoms with van der Waals surface area (Å²) in [6.07, 6.45) is 2.61. The van der Waals surface area contributed by atoms with Crippen LogP contribution in [0.15, 0.2) is 48.5 Å². The zero-order valence-corrected chi connectivity index (χ0v) is 12.5. The lowest BCUT2D eigenvalue weighted by Crippen LogP contribution is -2.09. The molecule has 2 aromatic carbocycles. The van der Waals surface area contributed by atoms with Crippen molar-refractivity contribution in [1.82, 2.24) is 0 Å². The van der Waals surface area contributed by atoms with E-state index in [1.54, 1.807) is 0 Å². The van der Waals surface area contributed by atoms with Crippen molar-refractivity contribution in [2.24, 2.45) is 0 Å². The van der Waals surface area contributed by atoms with Crippen LogP contribution in [0.3, 0.4) is 0 Å². The second-order valence-electron chi connectivity index (χ2n) is 5.07. The van der Waals surface area contributed by atoms with Crippen LogP contribution >= 0.6 is 0 Å². The van der Waals surface area contributed by atoms with Gasteiger partial charge in [0.15, 0.2) is 0 Å². The number of benzene rings is 2. The van der Waals surface area contributed by atoms with Crippen molar-refractivity contribution >= 4 is 17.6 Å². The van der Waals surface area contributed by atoms with Gasteiger partial charge in [-0.3, -0.25) is 0 Å². The van der Waals surface area contributed by atoms with E-state index in [4.69, 9.17) is 9.47 Å². The summed E-state index contributed by atoms with van der Waals surface area (Å²) < 4.78 is 11.1. The van der Waals surface area contributed by atoms with Crippen LogP contribution in [-0.4, -0.2) is 19.2 Å². The minimum atomic E-state index is -0.299. The minimum absolute atomic E-state index is 0.299. The Morgan fingerprint density at radius 3 is 2.77 bits per heavy atom. The van der Waals surface area contributed by atoms with Crippen LogP contribution in [0.5, 0.6) is 5.75 Å². The summed E-state index contributed by atoms with van der Waals surface area (Å²) >= 11 is 0. The first kappa shape index (κ1) is 14.4. The van der Waals surface area contributed by atoms with E-state index in [9.17, 15) is 4.79 Å². The average Bonchev–Trinajstić information content (AvgIpc) is 2.62. The fourth-order valence-electron chi connectivity index (χ4n) is 2.61. The van der Waals surface area contributed by atoms with E-state index in [1.807, 2.05) is 61.5 Å². The highest BCUT2D eigenvalue weighted by molar-refractivity contribution is 6.22. The highest BCUT2D eigenvalue weighted by Crippen LogP contribution is 2.29. The Hall–Kier alpha value is -2.55. The number of para-hydroxylation sites is 1. The molecule has 1 aliphatic heterocycles. The highest BCUT2D eigenvalue weighted by Gasteiger charge is 2.19. The lowest BCUT2D eigenvalue weighted by molar-refractivity contribution is -0.136. The molecule has 0 bridgehead atoms. The summed E-state index contributed by atoms with van der Waals surface area (Å²) in [4.78, 5) is 12.4. The molecule has 0 aromatic heterocycles. The van der Waals surface area contributed by atoms with E-state index in [-0.39, 0.29) is 5.97 Å². The normalized spacial score (nSPS) is 15.8. The average molecular weight is 294 g/mol. The lowest BCUT2D eigenvalue weighted by Gasteiger charge is -2.11. The first-order valence-corrected chi connectivity index (χ1v) is 7.48. The van der Waals surface area contributed by atoms with Gasteiger partial charge in [-0.15, -0.1) is 0 Å². The molecule has 0 saturated heterocycles. The molecule has 1 heterocycles. The lowest BCUT2D eigenvalue weighted by atomic mass is 9.96.